The summed E-state index contributed by atoms with van der Waals surface area (Å²) in [6.45, 7) is 2.06. The van der Waals surface area contributed by atoms with Gasteiger partial charge in [-0.2, -0.15) is 0 Å². The minimum absolute atomic E-state index is 0.351. The summed E-state index contributed by atoms with van der Waals surface area (Å²) in [7, 11) is 0. The van der Waals surface area contributed by atoms with Gasteiger partial charge in [0, 0.05) is 0 Å². The van der Waals surface area contributed by atoms with Crippen molar-refractivity contribution in [3.63, 3.8) is 0 Å². The third kappa shape index (κ3) is 1.17. The summed E-state index contributed by atoms with van der Waals surface area (Å²) in [5.41, 5.74) is 3.32. The summed E-state index contributed by atoms with van der Waals surface area (Å²) in [6, 6.07) is 2.00. The standard InChI is InChI=1S/C9H10BrNO/c1-5-4-8(10)11-9-6(5)2-3-7(9)12/h4,7,12H,2-3H2,1H3. The van der Waals surface area contributed by atoms with Gasteiger partial charge < -0.3 is 5.11 Å². The number of nitrogens with zero attached hydrogens (tertiary/aromatic N) is 1. The van der Waals surface area contributed by atoms with Crippen molar-refractivity contribution in [2.45, 2.75) is 25.9 Å². The van der Waals surface area contributed by atoms with Gasteiger partial charge in [-0.05, 0) is 52.9 Å². The third-order valence-corrected chi connectivity index (χ3v) is 2.74. The summed E-state index contributed by atoms with van der Waals surface area (Å²) in [5.74, 6) is 0. The van der Waals surface area contributed by atoms with E-state index in [1.54, 1.807) is 0 Å². The van der Waals surface area contributed by atoms with E-state index in [0.29, 0.717) is 0 Å². The molecule has 12 heavy (non-hydrogen) atoms. The summed E-state index contributed by atoms with van der Waals surface area (Å²) in [5, 5.41) is 9.55. The first-order valence-corrected chi connectivity index (χ1v) is 4.82. The van der Waals surface area contributed by atoms with Crippen molar-refractivity contribution in [2.24, 2.45) is 0 Å². The number of pyridine rings is 1. The number of aliphatic hydroxyl groups excluding tert-OH is 1. The minimum Gasteiger partial charge on any atom is -0.387 e. The highest BCUT2D eigenvalue weighted by molar-refractivity contribution is 9.10. The predicted molar refractivity (Wildman–Crippen MR) is 50.0 cm³/mol. The lowest BCUT2D eigenvalue weighted by molar-refractivity contribution is 0.175. The van der Waals surface area contributed by atoms with E-state index < -0.39 is 0 Å². The van der Waals surface area contributed by atoms with Crippen molar-refractivity contribution in [1.29, 1.82) is 0 Å². The molecule has 0 saturated heterocycles. The first kappa shape index (κ1) is 8.20. The highest BCUT2D eigenvalue weighted by atomic mass is 79.9. The van der Waals surface area contributed by atoms with Crippen molar-refractivity contribution in [2.75, 3.05) is 0 Å². The van der Waals surface area contributed by atoms with Gasteiger partial charge in [0.05, 0.1) is 11.8 Å². The molecule has 0 aliphatic heterocycles. The van der Waals surface area contributed by atoms with E-state index in [0.717, 1.165) is 23.1 Å². The molecule has 1 aliphatic carbocycles. The molecule has 1 aliphatic rings. The largest absolute Gasteiger partial charge is 0.387 e. The number of hydrogen-bond donors (Lipinski definition) is 1. The van der Waals surface area contributed by atoms with Crippen molar-refractivity contribution >= 4 is 15.9 Å². The smallest absolute Gasteiger partial charge is 0.106 e. The molecule has 1 N–H and O–H groups in total. The Bertz CT molecular complexity index is 325. The van der Waals surface area contributed by atoms with Gasteiger partial charge in [-0.25, -0.2) is 4.98 Å². The lowest BCUT2D eigenvalue weighted by Gasteiger charge is -2.05. The molecule has 0 bridgehead atoms. The highest BCUT2D eigenvalue weighted by Gasteiger charge is 2.23. The predicted octanol–water partition coefficient (Wildman–Crippen LogP) is 2.13. The maximum Gasteiger partial charge on any atom is 0.106 e. The lowest BCUT2D eigenvalue weighted by atomic mass is 10.1. The number of aryl methyl sites for hydroxylation is 1. The van der Waals surface area contributed by atoms with Crippen LogP contribution in [0.15, 0.2) is 10.7 Å². The van der Waals surface area contributed by atoms with Crippen LogP contribution in [-0.2, 0) is 6.42 Å². The van der Waals surface area contributed by atoms with E-state index in [2.05, 4.69) is 27.8 Å². The van der Waals surface area contributed by atoms with Crippen molar-refractivity contribution in [3.8, 4) is 0 Å². The fraction of sp³-hybridized carbons (Fsp3) is 0.444. The summed E-state index contributed by atoms with van der Waals surface area (Å²) >= 11 is 3.32. The fourth-order valence-electron chi connectivity index (χ4n) is 1.70. The average molecular weight is 228 g/mol. The van der Waals surface area contributed by atoms with Crippen LogP contribution in [0, 0.1) is 6.92 Å². The van der Waals surface area contributed by atoms with Crippen LogP contribution in [0.3, 0.4) is 0 Å². The van der Waals surface area contributed by atoms with E-state index in [9.17, 15) is 5.11 Å². The van der Waals surface area contributed by atoms with Crippen LogP contribution in [0.4, 0.5) is 0 Å². The Hall–Kier alpha value is -0.410. The van der Waals surface area contributed by atoms with E-state index in [1.165, 1.54) is 11.1 Å². The monoisotopic (exact) mass is 227 g/mol. The summed E-state index contributed by atoms with van der Waals surface area (Å²) in [4.78, 5) is 4.26. The van der Waals surface area contributed by atoms with Crippen molar-refractivity contribution in [3.05, 3.63) is 27.5 Å². The van der Waals surface area contributed by atoms with Gasteiger partial charge in [0.15, 0.2) is 0 Å². The molecule has 2 nitrogen and oxygen atoms in total. The maximum absolute atomic E-state index is 9.55. The SMILES string of the molecule is Cc1cc(Br)nc2c1CCC2O. The van der Waals surface area contributed by atoms with E-state index in [1.807, 2.05) is 6.07 Å². The molecule has 0 aromatic carbocycles. The van der Waals surface area contributed by atoms with E-state index >= 15 is 0 Å². The lowest BCUT2D eigenvalue weighted by Crippen LogP contribution is -1.96. The Labute approximate surface area is 79.8 Å². The number of hydrogen-bond acceptors (Lipinski definition) is 2. The number of rotatable bonds is 0. The first-order valence-electron chi connectivity index (χ1n) is 4.02. The van der Waals surface area contributed by atoms with Crippen LogP contribution in [0.1, 0.15) is 29.3 Å². The Morgan fingerprint density at radius 3 is 3.17 bits per heavy atom. The normalized spacial score (nSPS) is 21.1. The number of aliphatic hydroxyl groups is 1. The van der Waals surface area contributed by atoms with Gasteiger partial charge >= 0.3 is 0 Å². The van der Waals surface area contributed by atoms with Crippen LogP contribution in [0.5, 0.6) is 0 Å². The summed E-state index contributed by atoms with van der Waals surface area (Å²) in [6.07, 6.45) is 1.43. The Morgan fingerprint density at radius 2 is 2.42 bits per heavy atom. The molecule has 1 atom stereocenters. The van der Waals surface area contributed by atoms with Gasteiger partial charge in [-0.1, -0.05) is 0 Å². The second-order valence-electron chi connectivity index (χ2n) is 3.18. The zero-order chi connectivity index (χ0) is 8.72. The minimum atomic E-state index is -0.351. The quantitative estimate of drug-likeness (QED) is 0.690. The summed E-state index contributed by atoms with van der Waals surface area (Å²) < 4.78 is 0.819. The van der Waals surface area contributed by atoms with Crippen LogP contribution in [0.25, 0.3) is 0 Å². The molecule has 1 aromatic rings. The van der Waals surface area contributed by atoms with Crippen LogP contribution >= 0.6 is 15.9 Å². The molecule has 1 aromatic heterocycles. The molecular formula is C9H10BrNO. The van der Waals surface area contributed by atoms with Gasteiger partial charge in [0.1, 0.15) is 4.60 Å². The molecule has 1 heterocycles. The number of halogens is 1. The molecule has 0 saturated carbocycles. The Balaban J connectivity index is 2.60. The van der Waals surface area contributed by atoms with E-state index in [4.69, 9.17) is 0 Å². The third-order valence-electron chi connectivity index (χ3n) is 2.33. The van der Waals surface area contributed by atoms with Crippen LogP contribution in [-0.4, -0.2) is 10.1 Å². The molecule has 1 unspecified atom stereocenters. The molecule has 0 radical (unpaired) electrons. The molecule has 0 spiro atoms. The zero-order valence-corrected chi connectivity index (χ0v) is 8.43. The van der Waals surface area contributed by atoms with Gasteiger partial charge in [-0.15, -0.1) is 0 Å². The number of fused-ring (bicyclic) bond motifs is 1. The Morgan fingerprint density at radius 1 is 1.67 bits per heavy atom. The molecule has 3 heteroatoms. The van der Waals surface area contributed by atoms with E-state index in [-0.39, 0.29) is 6.10 Å². The second kappa shape index (κ2) is 2.82. The van der Waals surface area contributed by atoms with Gasteiger partial charge in [-0.3, -0.25) is 0 Å². The fourth-order valence-corrected chi connectivity index (χ4v) is 2.24. The van der Waals surface area contributed by atoms with Gasteiger partial charge in [0.2, 0.25) is 0 Å². The topological polar surface area (TPSA) is 33.1 Å². The van der Waals surface area contributed by atoms with Crippen LogP contribution < -0.4 is 0 Å². The van der Waals surface area contributed by atoms with Crippen LogP contribution in [0.2, 0.25) is 0 Å². The number of aromatic nitrogens is 1. The zero-order valence-electron chi connectivity index (χ0n) is 6.84. The Kier molecular flexibility index (Phi) is 1.93. The maximum atomic E-state index is 9.55. The second-order valence-corrected chi connectivity index (χ2v) is 3.99. The molecule has 0 amide bonds. The molecule has 2 rings (SSSR count). The van der Waals surface area contributed by atoms with Gasteiger partial charge in [0.25, 0.3) is 0 Å². The molecular weight excluding hydrogens is 218 g/mol. The first-order chi connectivity index (χ1) is 5.68. The highest BCUT2D eigenvalue weighted by Crippen LogP contribution is 2.32. The molecule has 0 fully saturated rings. The van der Waals surface area contributed by atoms with Crippen molar-refractivity contribution < 1.29 is 5.11 Å². The van der Waals surface area contributed by atoms with Crippen molar-refractivity contribution in [1.82, 2.24) is 4.98 Å². The average Bonchev–Trinajstić information content (AvgIpc) is 2.33. The molecule has 64 valence electrons.